The van der Waals surface area contributed by atoms with E-state index in [0.717, 1.165) is 35.2 Å². The predicted octanol–water partition coefficient (Wildman–Crippen LogP) is 9.00. The summed E-state index contributed by atoms with van der Waals surface area (Å²) in [6, 6.07) is 19.7. The summed E-state index contributed by atoms with van der Waals surface area (Å²) in [5.74, 6) is 0.0861. The van der Waals surface area contributed by atoms with Gasteiger partial charge >= 0.3 is 0 Å². The second-order valence-electron chi connectivity index (χ2n) is 11.5. The molecular formula is C39H46FN5. The third-order valence-electron chi connectivity index (χ3n) is 7.27. The van der Waals surface area contributed by atoms with Crippen LogP contribution in [0.5, 0.6) is 0 Å². The van der Waals surface area contributed by atoms with Gasteiger partial charge in [0, 0.05) is 11.3 Å². The van der Waals surface area contributed by atoms with Gasteiger partial charge in [-0.05, 0) is 102 Å². The number of hydrazone groups is 2. The molecule has 0 saturated carbocycles. The van der Waals surface area contributed by atoms with Crippen LogP contribution < -0.4 is 16.6 Å². The van der Waals surface area contributed by atoms with Gasteiger partial charge in [-0.3, -0.25) is 10.9 Å². The van der Waals surface area contributed by atoms with Crippen LogP contribution in [-0.4, -0.2) is 11.4 Å². The number of rotatable bonds is 14. The van der Waals surface area contributed by atoms with Crippen LogP contribution in [0.1, 0.15) is 66.1 Å². The summed E-state index contributed by atoms with van der Waals surface area (Å²) in [7, 11) is 0. The summed E-state index contributed by atoms with van der Waals surface area (Å²) < 4.78 is 14.3. The average molecular weight is 604 g/mol. The van der Waals surface area contributed by atoms with Crippen molar-refractivity contribution in [3.8, 4) is 0 Å². The van der Waals surface area contributed by atoms with Gasteiger partial charge in [-0.15, -0.1) is 0 Å². The smallest absolute Gasteiger partial charge is 0.126 e. The highest BCUT2D eigenvalue weighted by molar-refractivity contribution is 6.34. The molecule has 0 fully saturated rings. The minimum atomic E-state index is -0.269. The fourth-order valence-corrected chi connectivity index (χ4v) is 4.33. The van der Waals surface area contributed by atoms with Gasteiger partial charge in [0.15, 0.2) is 0 Å². The predicted molar refractivity (Wildman–Crippen MR) is 192 cm³/mol. The number of hydrogen-bond acceptors (Lipinski definition) is 5. The van der Waals surface area contributed by atoms with E-state index in [1.807, 2.05) is 44.2 Å². The Labute approximate surface area is 268 Å². The molecule has 0 radical (unpaired) electrons. The van der Waals surface area contributed by atoms with Gasteiger partial charge in [0.05, 0.1) is 11.4 Å². The van der Waals surface area contributed by atoms with Crippen LogP contribution in [0.2, 0.25) is 0 Å². The number of allylic oxidation sites excluding steroid dienone is 4. The number of nitrogens with two attached hydrogens (primary N) is 1. The fourth-order valence-electron chi connectivity index (χ4n) is 4.33. The lowest BCUT2D eigenvalue weighted by molar-refractivity contribution is 0.618. The topological polar surface area (TPSA) is 74.8 Å². The molecule has 3 aromatic carbocycles. The second kappa shape index (κ2) is 16.8. The first-order valence-corrected chi connectivity index (χ1v) is 15.3. The minimum absolute atomic E-state index is 0.164. The number of nitrogens with one attached hydrogen (secondary N) is 2. The van der Waals surface area contributed by atoms with Gasteiger partial charge in [-0.2, -0.15) is 10.2 Å². The Bertz CT molecular complexity index is 1670. The van der Waals surface area contributed by atoms with E-state index in [9.17, 15) is 4.39 Å². The van der Waals surface area contributed by atoms with Gasteiger partial charge in [0.25, 0.3) is 0 Å². The van der Waals surface area contributed by atoms with Crippen molar-refractivity contribution in [1.29, 1.82) is 0 Å². The van der Waals surface area contributed by atoms with E-state index in [1.54, 1.807) is 19.1 Å². The maximum atomic E-state index is 14.3. The minimum Gasteiger partial charge on any atom is -0.385 e. The molecule has 0 aliphatic heterocycles. The van der Waals surface area contributed by atoms with Crippen molar-refractivity contribution in [3.05, 3.63) is 148 Å². The van der Waals surface area contributed by atoms with Gasteiger partial charge in [-0.1, -0.05) is 101 Å². The molecule has 0 spiro atoms. The molecule has 0 unspecified atom stereocenters. The summed E-state index contributed by atoms with van der Waals surface area (Å²) in [5, 5.41) is 9.47. The number of halogens is 1. The number of aryl methyl sites for hydroxylation is 4. The molecule has 3 aromatic rings. The van der Waals surface area contributed by atoms with E-state index < -0.39 is 0 Å². The summed E-state index contributed by atoms with van der Waals surface area (Å²) in [4.78, 5) is 0. The SMILES string of the molecule is C=C(N)N/N=C(\C=C\c1ccc(C)c(C)c1)C(=C/c1ccc(F)c(C)c1)/C(/C=C/c1cccc(CCC)c1)=N/NC(=C)C(C)C. The molecule has 0 aliphatic carbocycles. The van der Waals surface area contributed by atoms with Crippen LogP contribution in [0.15, 0.2) is 113 Å². The van der Waals surface area contributed by atoms with Crippen molar-refractivity contribution in [2.24, 2.45) is 21.9 Å². The normalized spacial score (nSPS) is 12.8. The Morgan fingerprint density at radius 1 is 0.822 bits per heavy atom. The quantitative estimate of drug-likeness (QED) is 0.127. The zero-order valence-electron chi connectivity index (χ0n) is 27.4. The summed E-state index contributed by atoms with van der Waals surface area (Å²) >= 11 is 0. The zero-order valence-corrected chi connectivity index (χ0v) is 27.4. The largest absolute Gasteiger partial charge is 0.385 e. The molecule has 0 aliphatic rings. The average Bonchev–Trinajstić information content (AvgIpc) is 3.00. The maximum Gasteiger partial charge on any atom is 0.126 e. The second-order valence-corrected chi connectivity index (χ2v) is 11.5. The van der Waals surface area contributed by atoms with E-state index in [-0.39, 0.29) is 17.6 Å². The number of hydrogen-bond donors (Lipinski definition) is 3. The summed E-state index contributed by atoms with van der Waals surface area (Å²) in [6.07, 6.45) is 11.9. The molecule has 0 aromatic heterocycles. The first-order chi connectivity index (χ1) is 21.5. The lowest BCUT2D eigenvalue weighted by Gasteiger charge is -2.14. The van der Waals surface area contributed by atoms with Crippen molar-refractivity contribution in [2.75, 3.05) is 0 Å². The number of benzene rings is 3. The van der Waals surface area contributed by atoms with Crippen molar-refractivity contribution in [2.45, 2.75) is 54.4 Å². The molecular weight excluding hydrogens is 557 g/mol. The molecule has 0 bridgehead atoms. The highest BCUT2D eigenvalue weighted by Crippen LogP contribution is 2.19. The van der Waals surface area contributed by atoms with E-state index in [4.69, 9.17) is 10.8 Å². The van der Waals surface area contributed by atoms with Crippen molar-refractivity contribution in [1.82, 2.24) is 10.9 Å². The Morgan fingerprint density at radius 2 is 1.44 bits per heavy atom. The van der Waals surface area contributed by atoms with E-state index >= 15 is 0 Å². The van der Waals surface area contributed by atoms with Crippen molar-refractivity contribution >= 4 is 29.7 Å². The molecule has 0 atom stereocenters. The lowest BCUT2D eigenvalue weighted by atomic mass is 9.98. The molecule has 3 rings (SSSR count). The van der Waals surface area contributed by atoms with Crippen molar-refractivity contribution in [3.63, 3.8) is 0 Å². The van der Waals surface area contributed by atoms with Crippen LogP contribution in [0.4, 0.5) is 4.39 Å². The summed E-state index contributed by atoms with van der Waals surface area (Å²) in [5.41, 5.74) is 21.5. The molecule has 6 heteroatoms. The molecule has 234 valence electrons. The summed E-state index contributed by atoms with van der Waals surface area (Å²) in [6.45, 7) is 20.1. The van der Waals surface area contributed by atoms with E-state index in [0.29, 0.717) is 22.6 Å². The Hall–Kier alpha value is -4.97. The monoisotopic (exact) mass is 603 g/mol. The Kier molecular flexibility index (Phi) is 12.9. The highest BCUT2D eigenvalue weighted by atomic mass is 19.1. The third-order valence-corrected chi connectivity index (χ3v) is 7.27. The van der Waals surface area contributed by atoms with Gasteiger partial charge in [-0.25, -0.2) is 4.39 Å². The Morgan fingerprint density at radius 3 is 2.04 bits per heavy atom. The third kappa shape index (κ3) is 10.9. The van der Waals surface area contributed by atoms with Crippen LogP contribution in [0, 0.1) is 32.5 Å². The van der Waals surface area contributed by atoms with Crippen molar-refractivity contribution < 1.29 is 4.39 Å². The highest BCUT2D eigenvalue weighted by Gasteiger charge is 2.14. The molecule has 5 nitrogen and oxygen atoms in total. The molecule has 0 saturated heterocycles. The van der Waals surface area contributed by atoms with Crippen LogP contribution in [0.25, 0.3) is 18.2 Å². The maximum absolute atomic E-state index is 14.3. The Balaban J connectivity index is 2.26. The number of nitrogens with zero attached hydrogens (tertiary/aromatic N) is 2. The fraction of sp³-hybridized carbons (Fsp3) is 0.231. The molecule has 0 heterocycles. The molecule has 45 heavy (non-hydrogen) atoms. The van der Waals surface area contributed by atoms with Crippen LogP contribution in [-0.2, 0) is 6.42 Å². The standard InChI is InChI=1S/C39H46FN5/c1-9-11-32-12-10-13-33(24-32)17-20-38(44-42-30(7)26(2)3)36(25-35-16-19-37(40)29(6)23-35)39(45-43-31(8)41)21-18-34-15-14-27(4)28(5)22-34/h10,12-26,42-43H,7-9,11,41H2,1-6H3/b20-17+,21-18+,36-25+,44-38+,45-39+. The molecule has 0 amide bonds. The van der Waals surface area contributed by atoms with E-state index in [2.05, 4.69) is 92.3 Å². The first kappa shape index (κ1) is 34.5. The van der Waals surface area contributed by atoms with Gasteiger partial charge < -0.3 is 5.73 Å². The zero-order chi connectivity index (χ0) is 32.9. The molecule has 4 N–H and O–H groups in total. The van der Waals surface area contributed by atoms with E-state index in [1.165, 1.54) is 22.8 Å². The van der Waals surface area contributed by atoms with Gasteiger partial charge in [0.1, 0.15) is 11.6 Å². The lowest BCUT2D eigenvalue weighted by Crippen LogP contribution is -2.20. The van der Waals surface area contributed by atoms with Gasteiger partial charge in [0.2, 0.25) is 0 Å². The van der Waals surface area contributed by atoms with Crippen LogP contribution >= 0.6 is 0 Å². The van der Waals surface area contributed by atoms with Crippen LogP contribution in [0.3, 0.4) is 0 Å². The first-order valence-electron chi connectivity index (χ1n) is 15.3.